The van der Waals surface area contributed by atoms with Crippen LogP contribution in [0.4, 0.5) is 15.8 Å². The molecule has 0 spiro atoms. The van der Waals surface area contributed by atoms with Gasteiger partial charge in [0.05, 0.1) is 17.2 Å². The molecule has 2 heterocycles. The molecule has 2 aromatic carbocycles. The fourth-order valence-electron chi connectivity index (χ4n) is 4.12. The zero-order chi connectivity index (χ0) is 22.2. The van der Waals surface area contributed by atoms with E-state index in [1.54, 1.807) is 28.9 Å². The number of non-ortho nitro benzene ring substituents is 1. The van der Waals surface area contributed by atoms with E-state index in [4.69, 9.17) is 17.3 Å². The summed E-state index contributed by atoms with van der Waals surface area (Å²) in [6.45, 7) is 3.77. The van der Waals surface area contributed by atoms with Crippen molar-refractivity contribution in [1.82, 2.24) is 19.2 Å². The molecular formula is C22H23FN6O2S. The van der Waals surface area contributed by atoms with Gasteiger partial charge in [-0.05, 0) is 49.3 Å². The average molecular weight is 455 g/mol. The summed E-state index contributed by atoms with van der Waals surface area (Å²) < 4.78 is 18.9. The van der Waals surface area contributed by atoms with Crippen molar-refractivity contribution in [3.05, 3.63) is 69.2 Å². The minimum Gasteiger partial charge on any atom is -0.369 e. The van der Waals surface area contributed by atoms with Crippen LogP contribution in [-0.4, -0.2) is 50.3 Å². The van der Waals surface area contributed by atoms with Gasteiger partial charge in [0, 0.05) is 50.0 Å². The molecule has 2 fully saturated rings. The highest BCUT2D eigenvalue weighted by atomic mass is 32.1. The van der Waals surface area contributed by atoms with Crippen LogP contribution in [0, 0.1) is 20.7 Å². The second-order valence-corrected chi connectivity index (χ2v) is 8.57. The predicted octanol–water partition coefficient (Wildman–Crippen LogP) is 4.24. The highest BCUT2D eigenvalue weighted by molar-refractivity contribution is 7.71. The molecule has 8 nitrogen and oxygen atoms in total. The molecule has 5 rings (SSSR count). The van der Waals surface area contributed by atoms with Crippen LogP contribution in [-0.2, 0) is 6.67 Å². The molecular weight excluding hydrogens is 431 g/mol. The Hall–Kier alpha value is -3.11. The molecule has 0 radical (unpaired) electrons. The molecule has 1 aliphatic carbocycles. The molecule has 2 aliphatic rings. The number of nitro benzene ring substituents is 1. The number of anilines is 1. The van der Waals surface area contributed by atoms with Crippen LogP contribution in [0.2, 0.25) is 0 Å². The molecule has 166 valence electrons. The summed E-state index contributed by atoms with van der Waals surface area (Å²) in [4.78, 5) is 15.0. The first-order valence-electron chi connectivity index (χ1n) is 10.7. The molecule has 0 atom stereocenters. The van der Waals surface area contributed by atoms with Gasteiger partial charge in [-0.3, -0.25) is 19.6 Å². The normalized spacial score (nSPS) is 17.0. The molecule has 10 heteroatoms. The monoisotopic (exact) mass is 454 g/mol. The molecule has 0 unspecified atom stereocenters. The first kappa shape index (κ1) is 20.8. The standard InChI is InChI=1S/C22H23FN6O2S/c23-20-4-2-1-3-19(20)21-24-27(22(32)28(21)17-7-8-17)15-25-11-13-26(14-12-25)16-5-9-18(10-6-16)29(30)31/h1-6,9-10,17H,7-8,11-15H2. The lowest BCUT2D eigenvalue weighted by molar-refractivity contribution is -0.384. The smallest absolute Gasteiger partial charge is 0.269 e. The van der Waals surface area contributed by atoms with Gasteiger partial charge in [0.25, 0.3) is 5.69 Å². The summed E-state index contributed by atoms with van der Waals surface area (Å²) in [6.07, 6.45) is 2.07. The highest BCUT2D eigenvalue weighted by Gasteiger charge is 2.30. The van der Waals surface area contributed by atoms with E-state index in [-0.39, 0.29) is 16.4 Å². The molecule has 1 aliphatic heterocycles. The van der Waals surface area contributed by atoms with E-state index >= 15 is 0 Å². The Morgan fingerprint density at radius 2 is 1.75 bits per heavy atom. The maximum atomic E-state index is 14.5. The Labute approximate surface area is 189 Å². The molecule has 0 amide bonds. The lowest BCUT2D eigenvalue weighted by Crippen LogP contribution is -2.47. The van der Waals surface area contributed by atoms with Gasteiger partial charge >= 0.3 is 0 Å². The zero-order valence-electron chi connectivity index (χ0n) is 17.4. The third kappa shape index (κ3) is 4.03. The fraction of sp³-hybridized carbons (Fsp3) is 0.364. The lowest BCUT2D eigenvalue weighted by Gasteiger charge is -2.35. The van der Waals surface area contributed by atoms with E-state index in [1.807, 2.05) is 10.6 Å². The van der Waals surface area contributed by atoms with Crippen molar-refractivity contribution in [1.29, 1.82) is 0 Å². The summed E-state index contributed by atoms with van der Waals surface area (Å²) in [5, 5.41) is 15.6. The van der Waals surface area contributed by atoms with Crippen LogP contribution in [0.1, 0.15) is 18.9 Å². The van der Waals surface area contributed by atoms with Gasteiger partial charge < -0.3 is 4.90 Å². The van der Waals surface area contributed by atoms with Gasteiger partial charge in [0.15, 0.2) is 10.6 Å². The first-order chi connectivity index (χ1) is 15.5. The van der Waals surface area contributed by atoms with Crippen molar-refractivity contribution < 1.29 is 9.31 Å². The predicted molar refractivity (Wildman–Crippen MR) is 122 cm³/mol. The SMILES string of the molecule is O=[N+]([O-])c1ccc(N2CCN(Cn3nc(-c4ccccc4F)n(C4CC4)c3=S)CC2)cc1. The molecule has 32 heavy (non-hydrogen) atoms. The zero-order valence-corrected chi connectivity index (χ0v) is 18.2. The minimum atomic E-state index is -0.387. The molecule has 0 N–H and O–H groups in total. The first-order valence-corrected chi connectivity index (χ1v) is 11.1. The lowest BCUT2D eigenvalue weighted by atomic mass is 10.2. The largest absolute Gasteiger partial charge is 0.369 e. The molecule has 1 saturated heterocycles. The maximum absolute atomic E-state index is 14.5. The quantitative estimate of drug-likeness (QED) is 0.315. The van der Waals surface area contributed by atoms with Gasteiger partial charge in [-0.2, -0.15) is 5.10 Å². The number of hydrogen-bond acceptors (Lipinski definition) is 6. The van der Waals surface area contributed by atoms with Crippen molar-refractivity contribution in [2.45, 2.75) is 25.6 Å². The third-order valence-electron chi connectivity index (χ3n) is 6.03. The van der Waals surface area contributed by atoms with Crippen molar-refractivity contribution in [2.75, 3.05) is 31.1 Å². The van der Waals surface area contributed by atoms with E-state index in [0.717, 1.165) is 44.7 Å². The summed E-state index contributed by atoms with van der Waals surface area (Å²) in [7, 11) is 0. The molecule has 3 aromatic rings. The number of nitro groups is 1. The number of hydrogen-bond donors (Lipinski definition) is 0. The van der Waals surface area contributed by atoms with Crippen LogP contribution in [0.3, 0.4) is 0 Å². The number of piperazine rings is 1. The van der Waals surface area contributed by atoms with E-state index in [9.17, 15) is 14.5 Å². The molecule has 1 aromatic heterocycles. The third-order valence-corrected chi connectivity index (χ3v) is 6.44. The molecule has 0 bridgehead atoms. The Kier molecular flexibility index (Phi) is 5.48. The number of benzene rings is 2. The van der Waals surface area contributed by atoms with Crippen LogP contribution in [0.25, 0.3) is 11.4 Å². The van der Waals surface area contributed by atoms with Gasteiger partial charge in [0.2, 0.25) is 0 Å². The van der Waals surface area contributed by atoms with Crippen molar-refractivity contribution >= 4 is 23.6 Å². The number of halogens is 1. The number of rotatable bonds is 6. The van der Waals surface area contributed by atoms with Crippen LogP contribution in [0.15, 0.2) is 48.5 Å². The Bertz CT molecular complexity index is 1200. The summed E-state index contributed by atoms with van der Waals surface area (Å²) in [6, 6.07) is 13.6. The maximum Gasteiger partial charge on any atom is 0.269 e. The summed E-state index contributed by atoms with van der Waals surface area (Å²) >= 11 is 5.72. The van der Waals surface area contributed by atoms with Crippen LogP contribution in [0.5, 0.6) is 0 Å². The van der Waals surface area contributed by atoms with Crippen LogP contribution < -0.4 is 4.90 Å². The van der Waals surface area contributed by atoms with Gasteiger partial charge in [-0.25, -0.2) is 9.07 Å². The second kappa shape index (κ2) is 8.44. The van der Waals surface area contributed by atoms with E-state index in [2.05, 4.69) is 9.80 Å². The van der Waals surface area contributed by atoms with E-state index in [0.29, 0.717) is 28.9 Å². The minimum absolute atomic E-state index is 0.0960. The second-order valence-electron chi connectivity index (χ2n) is 8.21. The van der Waals surface area contributed by atoms with Gasteiger partial charge in [-0.15, -0.1) is 0 Å². The Morgan fingerprint density at radius 1 is 1.06 bits per heavy atom. The summed E-state index contributed by atoms with van der Waals surface area (Å²) in [5.74, 6) is 0.304. The average Bonchev–Trinajstić information content (AvgIpc) is 3.59. The van der Waals surface area contributed by atoms with Crippen molar-refractivity contribution in [3.8, 4) is 11.4 Å². The van der Waals surface area contributed by atoms with Crippen LogP contribution >= 0.6 is 12.2 Å². The fourth-order valence-corrected chi connectivity index (χ4v) is 4.46. The van der Waals surface area contributed by atoms with Gasteiger partial charge in [0.1, 0.15) is 5.82 Å². The Balaban J connectivity index is 1.30. The van der Waals surface area contributed by atoms with E-state index < -0.39 is 0 Å². The Morgan fingerprint density at radius 3 is 2.38 bits per heavy atom. The highest BCUT2D eigenvalue weighted by Crippen LogP contribution is 2.39. The topological polar surface area (TPSA) is 72.4 Å². The van der Waals surface area contributed by atoms with E-state index in [1.165, 1.54) is 18.2 Å². The number of nitrogens with zero attached hydrogens (tertiary/aromatic N) is 6. The van der Waals surface area contributed by atoms with Crippen molar-refractivity contribution in [3.63, 3.8) is 0 Å². The van der Waals surface area contributed by atoms with Crippen molar-refractivity contribution in [2.24, 2.45) is 0 Å². The summed E-state index contributed by atoms with van der Waals surface area (Å²) in [5.41, 5.74) is 1.55. The number of aromatic nitrogens is 3. The van der Waals surface area contributed by atoms with Gasteiger partial charge in [-0.1, -0.05) is 12.1 Å². The molecule has 1 saturated carbocycles.